The van der Waals surface area contributed by atoms with Gasteiger partial charge in [0, 0.05) is 6.42 Å². The number of sulfone groups is 1. The number of anilines is 1. The molecule has 0 fully saturated rings. The molecule has 0 spiro atoms. The first-order chi connectivity index (χ1) is 6.59. The largest absolute Gasteiger partial charge is 0.325 e. The van der Waals surface area contributed by atoms with Crippen molar-refractivity contribution < 1.29 is 13.2 Å². The summed E-state index contributed by atoms with van der Waals surface area (Å²) in [5, 5.41) is 2.56. The van der Waals surface area contributed by atoms with Gasteiger partial charge in [0.05, 0.1) is 16.3 Å². The Kier molecular flexibility index (Phi) is 2.03. The zero-order valence-electron chi connectivity index (χ0n) is 7.36. The first-order valence-electron chi connectivity index (χ1n) is 4.21. The van der Waals surface area contributed by atoms with Crippen LogP contribution in [-0.4, -0.2) is 20.1 Å². The lowest BCUT2D eigenvalue weighted by molar-refractivity contribution is -0.115. The molecule has 1 aliphatic heterocycles. The minimum Gasteiger partial charge on any atom is -0.325 e. The van der Waals surface area contributed by atoms with Crippen LogP contribution in [0.25, 0.3) is 0 Å². The highest BCUT2D eigenvalue weighted by molar-refractivity contribution is 7.91. The maximum atomic E-state index is 11.6. The van der Waals surface area contributed by atoms with Crippen molar-refractivity contribution in [3.05, 3.63) is 24.3 Å². The van der Waals surface area contributed by atoms with Gasteiger partial charge in [-0.2, -0.15) is 0 Å². The van der Waals surface area contributed by atoms with Crippen LogP contribution >= 0.6 is 0 Å². The number of carbonyl (C=O) groups is 1. The van der Waals surface area contributed by atoms with Crippen LogP contribution in [0.15, 0.2) is 29.2 Å². The molecule has 0 aromatic heterocycles. The smallest absolute Gasteiger partial charge is 0.225 e. The fourth-order valence-corrected chi connectivity index (χ4v) is 2.80. The normalized spacial score (nSPS) is 19.3. The third-order valence-electron chi connectivity index (χ3n) is 2.09. The Hall–Kier alpha value is -1.36. The van der Waals surface area contributed by atoms with Gasteiger partial charge in [-0.1, -0.05) is 12.1 Å². The van der Waals surface area contributed by atoms with Crippen LogP contribution in [0, 0.1) is 0 Å². The molecule has 0 aliphatic carbocycles. The van der Waals surface area contributed by atoms with E-state index in [2.05, 4.69) is 5.32 Å². The topological polar surface area (TPSA) is 63.2 Å². The number of para-hydroxylation sites is 1. The standard InChI is InChI=1S/C9H9NO3S/c11-9-5-6-14(12,13)8-4-2-1-3-7(8)10-9/h1-4H,5-6H2,(H,10,11). The maximum Gasteiger partial charge on any atom is 0.225 e. The number of fused-ring (bicyclic) bond motifs is 1. The molecular weight excluding hydrogens is 202 g/mol. The van der Waals surface area contributed by atoms with Crippen molar-refractivity contribution in [3.63, 3.8) is 0 Å². The molecule has 14 heavy (non-hydrogen) atoms. The Morgan fingerprint density at radius 2 is 1.93 bits per heavy atom. The highest BCUT2D eigenvalue weighted by Gasteiger charge is 2.24. The van der Waals surface area contributed by atoms with Crippen LogP contribution in [0.3, 0.4) is 0 Å². The molecule has 0 unspecified atom stereocenters. The average molecular weight is 211 g/mol. The van der Waals surface area contributed by atoms with E-state index in [1.165, 1.54) is 6.07 Å². The van der Waals surface area contributed by atoms with E-state index in [1.807, 2.05) is 0 Å². The molecule has 1 heterocycles. The second kappa shape index (κ2) is 3.09. The predicted molar refractivity (Wildman–Crippen MR) is 51.7 cm³/mol. The summed E-state index contributed by atoms with van der Waals surface area (Å²) in [5.74, 6) is -0.367. The van der Waals surface area contributed by atoms with Gasteiger partial charge in [-0.05, 0) is 12.1 Å². The van der Waals surface area contributed by atoms with Crippen LogP contribution in [0.2, 0.25) is 0 Å². The van der Waals surface area contributed by atoms with Crippen molar-refractivity contribution in [2.24, 2.45) is 0 Å². The van der Waals surface area contributed by atoms with E-state index in [4.69, 9.17) is 0 Å². The number of benzene rings is 1. The lowest BCUT2D eigenvalue weighted by Crippen LogP contribution is -2.10. The molecular formula is C9H9NO3S. The number of nitrogens with one attached hydrogen (secondary N) is 1. The Bertz CT molecular complexity index is 479. The van der Waals surface area contributed by atoms with Crippen molar-refractivity contribution in [1.82, 2.24) is 0 Å². The van der Waals surface area contributed by atoms with Crippen molar-refractivity contribution >= 4 is 21.4 Å². The molecule has 0 saturated carbocycles. The molecule has 2 rings (SSSR count). The molecule has 1 N–H and O–H groups in total. The highest BCUT2D eigenvalue weighted by Crippen LogP contribution is 2.25. The quantitative estimate of drug-likeness (QED) is 0.690. The van der Waals surface area contributed by atoms with Crippen molar-refractivity contribution in [2.75, 3.05) is 11.1 Å². The Morgan fingerprint density at radius 3 is 2.71 bits per heavy atom. The van der Waals surface area contributed by atoms with E-state index in [9.17, 15) is 13.2 Å². The zero-order chi connectivity index (χ0) is 10.2. The van der Waals surface area contributed by atoms with E-state index in [0.29, 0.717) is 5.69 Å². The molecule has 1 aromatic carbocycles. The molecule has 74 valence electrons. The third kappa shape index (κ3) is 1.50. The minimum absolute atomic E-state index is 0.0248. The fourth-order valence-electron chi connectivity index (χ4n) is 1.39. The fraction of sp³-hybridized carbons (Fsp3) is 0.222. The van der Waals surface area contributed by atoms with Crippen molar-refractivity contribution in [2.45, 2.75) is 11.3 Å². The number of hydrogen-bond acceptors (Lipinski definition) is 3. The monoisotopic (exact) mass is 211 g/mol. The summed E-state index contributed by atoms with van der Waals surface area (Å²) in [6.07, 6.45) is 0.0248. The number of carbonyl (C=O) groups excluding carboxylic acids is 1. The van der Waals surface area contributed by atoms with Crippen molar-refractivity contribution in [3.8, 4) is 0 Å². The van der Waals surface area contributed by atoms with E-state index in [1.54, 1.807) is 18.2 Å². The summed E-state index contributed by atoms with van der Waals surface area (Å²) in [5.41, 5.74) is 0.384. The van der Waals surface area contributed by atoms with Gasteiger partial charge in [0.2, 0.25) is 5.91 Å². The van der Waals surface area contributed by atoms with E-state index < -0.39 is 9.84 Å². The summed E-state index contributed by atoms with van der Waals surface area (Å²) in [4.78, 5) is 11.4. The molecule has 0 atom stereocenters. The second-order valence-corrected chi connectivity index (χ2v) is 5.19. The third-order valence-corrected chi connectivity index (χ3v) is 3.86. The summed E-state index contributed by atoms with van der Waals surface area (Å²) >= 11 is 0. The minimum atomic E-state index is -3.29. The molecule has 5 heteroatoms. The number of rotatable bonds is 0. The van der Waals surface area contributed by atoms with Gasteiger partial charge in [-0.3, -0.25) is 4.79 Å². The van der Waals surface area contributed by atoms with Gasteiger partial charge in [-0.25, -0.2) is 8.42 Å². The molecule has 4 nitrogen and oxygen atoms in total. The lowest BCUT2D eigenvalue weighted by atomic mass is 10.3. The van der Waals surface area contributed by atoms with Gasteiger partial charge in [-0.15, -0.1) is 0 Å². The first kappa shape index (κ1) is 9.21. The van der Waals surface area contributed by atoms with Crippen LogP contribution < -0.4 is 5.32 Å². The van der Waals surface area contributed by atoms with Crippen LogP contribution in [0.5, 0.6) is 0 Å². The van der Waals surface area contributed by atoms with E-state index in [0.717, 1.165) is 0 Å². The zero-order valence-corrected chi connectivity index (χ0v) is 8.17. The van der Waals surface area contributed by atoms with Gasteiger partial charge in [0.25, 0.3) is 0 Å². The predicted octanol–water partition coefficient (Wildman–Crippen LogP) is 0.803. The highest BCUT2D eigenvalue weighted by atomic mass is 32.2. The van der Waals surface area contributed by atoms with Crippen LogP contribution in [0.1, 0.15) is 6.42 Å². The van der Waals surface area contributed by atoms with E-state index >= 15 is 0 Å². The van der Waals surface area contributed by atoms with E-state index in [-0.39, 0.29) is 23.0 Å². The SMILES string of the molecule is O=C1CCS(=O)(=O)c2ccccc2N1. The molecule has 0 radical (unpaired) electrons. The molecule has 0 bridgehead atoms. The van der Waals surface area contributed by atoms with Crippen molar-refractivity contribution in [1.29, 1.82) is 0 Å². The van der Waals surface area contributed by atoms with Gasteiger partial charge >= 0.3 is 0 Å². The first-order valence-corrected chi connectivity index (χ1v) is 5.86. The summed E-state index contributed by atoms with van der Waals surface area (Å²) < 4.78 is 23.3. The number of amides is 1. The number of hydrogen-bond donors (Lipinski definition) is 1. The Balaban J connectivity index is 2.64. The Labute approximate surface area is 81.9 Å². The summed E-state index contributed by atoms with van der Waals surface area (Å²) in [6.45, 7) is 0. The van der Waals surface area contributed by atoms with Gasteiger partial charge in [0.15, 0.2) is 9.84 Å². The summed E-state index contributed by atoms with van der Waals surface area (Å²) in [7, 11) is -3.29. The summed E-state index contributed by atoms with van der Waals surface area (Å²) in [6, 6.07) is 6.44. The van der Waals surface area contributed by atoms with Crippen LogP contribution in [0.4, 0.5) is 5.69 Å². The maximum absolute atomic E-state index is 11.6. The molecule has 1 aromatic rings. The van der Waals surface area contributed by atoms with Crippen LogP contribution in [-0.2, 0) is 14.6 Å². The lowest BCUT2D eigenvalue weighted by Gasteiger charge is -2.04. The average Bonchev–Trinajstić information content (AvgIpc) is 2.25. The van der Waals surface area contributed by atoms with Gasteiger partial charge in [0.1, 0.15) is 0 Å². The Morgan fingerprint density at radius 1 is 1.21 bits per heavy atom. The van der Waals surface area contributed by atoms with Gasteiger partial charge < -0.3 is 5.32 Å². The second-order valence-electron chi connectivity index (χ2n) is 3.11. The molecule has 1 aliphatic rings. The molecule has 1 amide bonds. The molecule has 0 saturated heterocycles.